The zero-order chi connectivity index (χ0) is 17.7. The molecule has 2 aromatic rings. The van der Waals surface area contributed by atoms with Crippen LogP contribution in [0.15, 0.2) is 48.5 Å². The van der Waals surface area contributed by atoms with Crippen LogP contribution in [0.3, 0.4) is 0 Å². The van der Waals surface area contributed by atoms with Gasteiger partial charge in [0.15, 0.2) is 0 Å². The Kier molecular flexibility index (Phi) is 6.16. The molecule has 24 heavy (non-hydrogen) atoms. The summed E-state index contributed by atoms with van der Waals surface area (Å²) in [5.41, 5.74) is 10.4. The molecule has 0 unspecified atom stereocenters. The summed E-state index contributed by atoms with van der Waals surface area (Å²) in [6.07, 6.45) is 0.535. The quantitative estimate of drug-likeness (QED) is 0.825. The summed E-state index contributed by atoms with van der Waals surface area (Å²) in [5.74, 6) is 0.544. The van der Waals surface area contributed by atoms with Crippen molar-refractivity contribution >= 4 is 11.6 Å². The topological polar surface area (TPSA) is 55.1 Å². The Hall–Kier alpha value is -2.13. The first-order valence-electron chi connectivity index (χ1n) is 8.63. The second kappa shape index (κ2) is 8.11. The van der Waals surface area contributed by atoms with Crippen LogP contribution in [0, 0.1) is 0 Å². The highest BCUT2D eigenvalue weighted by Gasteiger charge is 2.19. The van der Waals surface area contributed by atoms with E-state index in [9.17, 15) is 4.79 Å². The molecule has 3 heteroatoms. The maximum atomic E-state index is 12.6. The average molecular weight is 324 g/mol. The van der Waals surface area contributed by atoms with Gasteiger partial charge in [-0.15, -0.1) is 0 Å². The molecule has 0 aliphatic carbocycles. The number of benzene rings is 2. The third-order valence-corrected chi connectivity index (χ3v) is 4.26. The van der Waals surface area contributed by atoms with Gasteiger partial charge in [-0.05, 0) is 34.9 Å². The molecule has 3 N–H and O–H groups in total. The van der Waals surface area contributed by atoms with E-state index >= 15 is 0 Å². The molecule has 0 aliphatic heterocycles. The summed E-state index contributed by atoms with van der Waals surface area (Å²) >= 11 is 0. The minimum Gasteiger partial charge on any atom is -0.324 e. The first-order chi connectivity index (χ1) is 11.4. The number of carbonyl (C=O) groups excluding carboxylic acids is 1. The molecule has 0 saturated heterocycles. The molecule has 0 bridgehead atoms. The van der Waals surface area contributed by atoms with Crippen molar-refractivity contribution in [3.05, 3.63) is 65.2 Å². The monoisotopic (exact) mass is 324 g/mol. The van der Waals surface area contributed by atoms with E-state index in [4.69, 9.17) is 5.73 Å². The van der Waals surface area contributed by atoms with Crippen LogP contribution in [0.5, 0.6) is 0 Å². The predicted octanol–water partition coefficient (Wildman–Crippen LogP) is 4.44. The predicted molar refractivity (Wildman–Crippen MR) is 101 cm³/mol. The normalized spacial score (nSPS) is 12.5. The van der Waals surface area contributed by atoms with E-state index in [0.717, 1.165) is 22.4 Å². The van der Waals surface area contributed by atoms with E-state index in [1.54, 1.807) is 0 Å². The number of nitrogens with one attached hydrogen (secondary N) is 1. The average Bonchev–Trinajstić information content (AvgIpc) is 2.55. The first-order valence-corrected chi connectivity index (χ1v) is 8.63. The summed E-state index contributed by atoms with van der Waals surface area (Å²) in [6.45, 7) is 8.55. The Morgan fingerprint density at radius 1 is 0.917 bits per heavy atom. The molecule has 2 rings (SSSR count). The van der Waals surface area contributed by atoms with Crippen LogP contribution >= 0.6 is 0 Å². The van der Waals surface area contributed by atoms with E-state index < -0.39 is 6.04 Å². The van der Waals surface area contributed by atoms with Crippen LogP contribution in [0.25, 0.3) is 0 Å². The summed E-state index contributed by atoms with van der Waals surface area (Å²) in [6, 6.07) is 15.5. The molecule has 1 amide bonds. The van der Waals surface area contributed by atoms with Gasteiger partial charge >= 0.3 is 0 Å². The highest BCUT2D eigenvalue weighted by molar-refractivity contribution is 5.96. The lowest BCUT2D eigenvalue weighted by atomic mass is 9.92. The Morgan fingerprint density at radius 2 is 1.46 bits per heavy atom. The molecule has 0 spiro atoms. The largest absolute Gasteiger partial charge is 0.324 e. The number of nitrogens with two attached hydrogens (primary N) is 1. The third kappa shape index (κ3) is 4.45. The van der Waals surface area contributed by atoms with Gasteiger partial charge in [0.05, 0.1) is 6.04 Å². The smallest absolute Gasteiger partial charge is 0.241 e. The molecule has 0 saturated carbocycles. The van der Waals surface area contributed by atoms with Crippen molar-refractivity contribution in [2.45, 2.75) is 52.0 Å². The van der Waals surface area contributed by atoms with Crippen LogP contribution in [-0.2, 0) is 11.2 Å². The fourth-order valence-electron chi connectivity index (χ4n) is 2.87. The molecule has 0 aliphatic rings. The van der Waals surface area contributed by atoms with Gasteiger partial charge in [0.2, 0.25) is 5.91 Å². The SMILES string of the molecule is CC(C)c1cccc(C(C)C)c1NC(=O)[C@@H](N)Cc1ccccc1. The molecular formula is C21H28N2O. The van der Waals surface area contributed by atoms with Crippen molar-refractivity contribution in [3.63, 3.8) is 0 Å². The van der Waals surface area contributed by atoms with Gasteiger partial charge in [0.1, 0.15) is 0 Å². The van der Waals surface area contributed by atoms with E-state index in [1.165, 1.54) is 0 Å². The Balaban J connectivity index is 2.21. The summed E-state index contributed by atoms with van der Waals surface area (Å²) in [7, 11) is 0. The third-order valence-electron chi connectivity index (χ3n) is 4.26. The van der Waals surface area contributed by atoms with Crippen molar-refractivity contribution in [1.29, 1.82) is 0 Å². The number of rotatable bonds is 6. The molecule has 128 valence electrons. The van der Waals surface area contributed by atoms with Crippen molar-refractivity contribution in [2.24, 2.45) is 5.73 Å². The minimum atomic E-state index is -0.562. The van der Waals surface area contributed by atoms with Gasteiger partial charge in [-0.3, -0.25) is 4.79 Å². The van der Waals surface area contributed by atoms with Crippen molar-refractivity contribution < 1.29 is 4.79 Å². The van der Waals surface area contributed by atoms with Crippen LogP contribution < -0.4 is 11.1 Å². The molecular weight excluding hydrogens is 296 g/mol. The molecule has 0 heterocycles. The van der Waals surface area contributed by atoms with Crippen molar-refractivity contribution in [2.75, 3.05) is 5.32 Å². The number of anilines is 1. The second-order valence-corrected chi connectivity index (χ2v) is 6.91. The number of hydrogen-bond acceptors (Lipinski definition) is 2. The highest BCUT2D eigenvalue weighted by Crippen LogP contribution is 2.32. The van der Waals surface area contributed by atoms with E-state index in [0.29, 0.717) is 18.3 Å². The Labute approximate surface area is 145 Å². The first kappa shape index (κ1) is 18.2. The molecule has 2 aromatic carbocycles. The van der Waals surface area contributed by atoms with Crippen LogP contribution in [0.1, 0.15) is 56.2 Å². The lowest BCUT2D eigenvalue weighted by molar-refractivity contribution is -0.117. The van der Waals surface area contributed by atoms with Crippen LogP contribution in [0.4, 0.5) is 5.69 Å². The minimum absolute atomic E-state index is 0.131. The number of hydrogen-bond donors (Lipinski definition) is 2. The van der Waals surface area contributed by atoms with E-state index in [1.807, 2.05) is 30.3 Å². The van der Waals surface area contributed by atoms with Crippen LogP contribution in [-0.4, -0.2) is 11.9 Å². The molecule has 0 aromatic heterocycles. The fraction of sp³-hybridized carbons (Fsp3) is 0.381. The van der Waals surface area contributed by atoms with Crippen molar-refractivity contribution in [1.82, 2.24) is 0 Å². The lowest BCUT2D eigenvalue weighted by Gasteiger charge is -2.21. The van der Waals surface area contributed by atoms with Gasteiger partial charge in [-0.2, -0.15) is 0 Å². The lowest BCUT2D eigenvalue weighted by Crippen LogP contribution is -2.38. The maximum absolute atomic E-state index is 12.6. The van der Waals surface area contributed by atoms with Gasteiger partial charge in [-0.25, -0.2) is 0 Å². The molecule has 0 radical (unpaired) electrons. The zero-order valence-corrected chi connectivity index (χ0v) is 15.0. The summed E-state index contributed by atoms with van der Waals surface area (Å²) in [5, 5.41) is 3.10. The zero-order valence-electron chi connectivity index (χ0n) is 15.0. The Morgan fingerprint density at radius 3 is 1.96 bits per heavy atom. The standard InChI is InChI=1S/C21H28N2O/c1-14(2)17-11-8-12-18(15(3)4)20(17)23-21(24)19(22)13-16-9-6-5-7-10-16/h5-12,14-15,19H,13,22H2,1-4H3,(H,23,24)/t19-/m0/s1. The number of para-hydroxylation sites is 1. The number of amides is 1. The molecule has 0 fully saturated rings. The van der Waals surface area contributed by atoms with Gasteiger partial charge in [0, 0.05) is 5.69 Å². The summed E-state index contributed by atoms with van der Waals surface area (Å²) < 4.78 is 0. The Bertz CT molecular complexity index is 651. The van der Waals surface area contributed by atoms with Gasteiger partial charge in [0.25, 0.3) is 0 Å². The second-order valence-electron chi connectivity index (χ2n) is 6.91. The maximum Gasteiger partial charge on any atom is 0.241 e. The van der Waals surface area contributed by atoms with E-state index in [2.05, 4.69) is 51.2 Å². The highest BCUT2D eigenvalue weighted by atomic mass is 16.2. The van der Waals surface area contributed by atoms with Crippen LogP contribution in [0.2, 0.25) is 0 Å². The fourth-order valence-corrected chi connectivity index (χ4v) is 2.87. The molecule has 3 nitrogen and oxygen atoms in total. The van der Waals surface area contributed by atoms with Gasteiger partial charge < -0.3 is 11.1 Å². The number of carbonyl (C=O) groups is 1. The summed E-state index contributed by atoms with van der Waals surface area (Å²) in [4.78, 5) is 12.6. The molecule has 1 atom stereocenters. The van der Waals surface area contributed by atoms with Gasteiger partial charge in [-0.1, -0.05) is 76.2 Å². The van der Waals surface area contributed by atoms with Crippen molar-refractivity contribution in [3.8, 4) is 0 Å². The van der Waals surface area contributed by atoms with E-state index in [-0.39, 0.29) is 5.91 Å².